The second-order valence-corrected chi connectivity index (χ2v) is 4.22. The van der Waals surface area contributed by atoms with E-state index in [0.717, 1.165) is 10.0 Å². The average Bonchev–Trinajstić information content (AvgIpc) is 2.17. The first-order chi connectivity index (χ1) is 7.16. The summed E-state index contributed by atoms with van der Waals surface area (Å²) in [6, 6.07) is 7.60. The van der Waals surface area contributed by atoms with Gasteiger partial charge in [-0.1, -0.05) is 39.7 Å². The zero-order valence-electron chi connectivity index (χ0n) is 7.50. The lowest BCUT2D eigenvalue weighted by atomic mass is 10.1. The molecule has 0 atom stereocenters. The number of aromatic amines is 1. The number of benzene rings is 1. The van der Waals surface area contributed by atoms with Gasteiger partial charge in [-0.2, -0.15) is 0 Å². The van der Waals surface area contributed by atoms with E-state index in [2.05, 4.69) is 25.9 Å². The van der Waals surface area contributed by atoms with Crippen LogP contribution in [0.4, 0.5) is 0 Å². The fourth-order valence-electron chi connectivity index (χ4n) is 1.23. The highest BCUT2D eigenvalue weighted by Gasteiger charge is 2.04. The highest BCUT2D eigenvalue weighted by atomic mass is 79.9. The fraction of sp³-hybridized carbons (Fsp3) is 0. The number of aromatic nitrogens is 2. The summed E-state index contributed by atoms with van der Waals surface area (Å²) in [4.78, 5) is 17.0. The number of hydrogen-bond donors (Lipinski definition) is 1. The van der Waals surface area contributed by atoms with Gasteiger partial charge in [0, 0.05) is 16.2 Å². The first-order valence-corrected chi connectivity index (χ1v) is 5.34. The molecule has 0 bridgehead atoms. The SMILES string of the molecule is O=c1ncc(-c2cccc(Br)c2)c(Cl)[nH]1. The molecule has 3 nitrogen and oxygen atoms in total. The second-order valence-electron chi connectivity index (χ2n) is 2.93. The average molecular weight is 286 g/mol. The van der Waals surface area contributed by atoms with E-state index in [0.29, 0.717) is 10.7 Å². The number of hydrogen-bond acceptors (Lipinski definition) is 2. The van der Waals surface area contributed by atoms with Crippen molar-refractivity contribution in [1.82, 2.24) is 9.97 Å². The van der Waals surface area contributed by atoms with Crippen LogP contribution in [0, 0.1) is 0 Å². The Balaban J connectivity index is 2.59. The van der Waals surface area contributed by atoms with E-state index < -0.39 is 5.69 Å². The molecule has 0 amide bonds. The normalized spacial score (nSPS) is 10.3. The standard InChI is InChI=1S/C10H6BrClN2O/c11-7-3-1-2-6(4-7)8-5-13-10(15)14-9(8)12/h1-5H,(H,13,14,15). The van der Waals surface area contributed by atoms with Crippen molar-refractivity contribution in [2.24, 2.45) is 0 Å². The van der Waals surface area contributed by atoms with Gasteiger partial charge in [0.1, 0.15) is 5.15 Å². The van der Waals surface area contributed by atoms with E-state index >= 15 is 0 Å². The third kappa shape index (κ3) is 2.27. The Morgan fingerprint density at radius 3 is 2.87 bits per heavy atom. The Bertz CT molecular complexity index is 553. The molecule has 0 radical (unpaired) electrons. The highest BCUT2D eigenvalue weighted by Crippen LogP contribution is 2.26. The molecule has 1 heterocycles. The minimum absolute atomic E-state index is 0.299. The lowest BCUT2D eigenvalue weighted by Crippen LogP contribution is -2.09. The van der Waals surface area contributed by atoms with Crippen molar-refractivity contribution in [3.63, 3.8) is 0 Å². The monoisotopic (exact) mass is 284 g/mol. The van der Waals surface area contributed by atoms with Gasteiger partial charge in [0.15, 0.2) is 0 Å². The molecule has 0 aliphatic carbocycles. The van der Waals surface area contributed by atoms with Crippen molar-refractivity contribution in [2.45, 2.75) is 0 Å². The Labute approximate surface area is 99.3 Å². The summed E-state index contributed by atoms with van der Waals surface area (Å²) in [6.07, 6.45) is 1.46. The largest absolute Gasteiger partial charge is 0.346 e. The van der Waals surface area contributed by atoms with Crippen molar-refractivity contribution in [3.8, 4) is 11.1 Å². The van der Waals surface area contributed by atoms with Crippen molar-refractivity contribution < 1.29 is 0 Å². The van der Waals surface area contributed by atoms with Crippen LogP contribution in [0.3, 0.4) is 0 Å². The molecule has 0 unspecified atom stereocenters. The molecule has 1 aromatic carbocycles. The molecule has 0 saturated carbocycles. The molecule has 1 aromatic heterocycles. The molecule has 2 aromatic rings. The van der Waals surface area contributed by atoms with Crippen LogP contribution in [0.2, 0.25) is 5.15 Å². The molecule has 15 heavy (non-hydrogen) atoms. The molecule has 0 spiro atoms. The van der Waals surface area contributed by atoms with Gasteiger partial charge in [0.05, 0.1) is 0 Å². The molecular weight excluding hydrogens is 279 g/mol. The molecule has 1 N–H and O–H groups in total. The Hall–Kier alpha value is -1.13. The summed E-state index contributed by atoms with van der Waals surface area (Å²) in [5.74, 6) is 0. The van der Waals surface area contributed by atoms with Crippen LogP contribution in [-0.2, 0) is 0 Å². The summed E-state index contributed by atoms with van der Waals surface area (Å²) in [7, 11) is 0. The minimum Gasteiger partial charge on any atom is -0.296 e. The lowest BCUT2D eigenvalue weighted by Gasteiger charge is -2.03. The molecule has 0 aliphatic rings. The van der Waals surface area contributed by atoms with Gasteiger partial charge in [-0.3, -0.25) is 4.98 Å². The molecule has 2 rings (SSSR count). The Kier molecular flexibility index (Phi) is 2.88. The van der Waals surface area contributed by atoms with E-state index in [4.69, 9.17) is 11.6 Å². The van der Waals surface area contributed by atoms with Crippen molar-refractivity contribution in [2.75, 3.05) is 0 Å². The van der Waals surface area contributed by atoms with Crippen molar-refractivity contribution in [1.29, 1.82) is 0 Å². The quantitative estimate of drug-likeness (QED) is 0.819. The van der Waals surface area contributed by atoms with Crippen molar-refractivity contribution >= 4 is 27.5 Å². The van der Waals surface area contributed by atoms with Crippen LogP contribution in [-0.4, -0.2) is 9.97 Å². The summed E-state index contributed by atoms with van der Waals surface area (Å²) < 4.78 is 0.947. The molecule has 0 fully saturated rings. The summed E-state index contributed by atoms with van der Waals surface area (Å²) >= 11 is 9.27. The minimum atomic E-state index is -0.446. The zero-order chi connectivity index (χ0) is 10.8. The van der Waals surface area contributed by atoms with Crippen LogP contribution >= 0.6 is 27.5 Å². The highest BCUT2D eigenvalue weighted by molar-refractivity contribution is 9.10. The van der Waals surface area contributed by atoms with Gasteiger partial charge in [0.2, 0.25) is 0 Å². The summed E-state index contributed by atoms with van der Waals surface area (Å²) in [6.45, 7) is 0. The number of rotatable bonds is 1. The van der Waals surface area contributed by atoms with Gasteiger partial charge >= 0.3 is 5.69 Å². The first kappa shape index (κ1) is 10.4. The van der Waals surface area contributed by atoms with E-state index in [1.54, 1.807) is 0 Å². The molecule has 76 valence electrons. The van der Waals surface area contributed by atoms with Crippen molar-refractivity contribution in [3.05, 3.63) is 50.6 Å². The van der Waals surface area contributed by atoms with Gasteiger partial charge in [-0.25, -0.2) is 9.78 Å². The number of nitrogens with one attached hydrogen (secondary N) is 1. The molecule has 0 saturated heterocycles. The van der Waals surface area contributed by atoms with E-state index in [1.807, 2.05) is 24.3 Å². The van der Waals surface area contributed by atoms with Gasteiger partial charge in [0.25, 0.3) is 0 Å². The van der Waals surface area contributed by atoms with Crippen LogP contribution in [0.15, 0.2) is 39.7 Å². The summed E-state index contributed by atoms with van der Waals surface area (Å²) in [5.41, 5.74) is 1.16. The predicted octanol–water partition coefficient (Wildman–Crippen LogP) is 2.85. The molecular formula is C10H6BrClN2O. The van der Waals surface area contributed by atoms with Crippen LogP contribution in [0.1, 0.15) is 0 Å². The van der Waals surface area contributed by atoms with Crippen LogP contribution in [0.25, 0.3) is 11.1 Å². The van der Waals surface area contributed by atoms with Crippen LogP contribution < -0.4 is 5.69 Å². The topological polar surface area (TPSA) is 45.8 Å². The fourth-order valence-corrected chi connectivity index (χ4v) is 1.87. The smallest absolute Gasteiger partial charge is 0.296 e. The maximum Gasteiger partial charge on any atom is 0.346 e. The maximum absolute atomic E-state index is 10.9. The maximum atomic E-state index is 10.9. The lowest BCUT2D eigenvalue weighted by molar-refractivity contribution is 1.08. The predicted molar refractivity (Wildman–Crippen MR) is 63.0 cm³/mol. The van der Waals surface area contributed by atoms with Gasteiger partial charge < -0.3 is 0 Å². The zero-order valence-corrected chi connectivity index (χ0v) is 9.84. The van der Waals surface area contributed by atoms with Gasteiger partial charge in [-0.15, -0.1) is 0 Å². The van der Waals surface area contributed by atoms with E-state index in [1.165, 1.54) is 6.20 Å². The number of halogens is 2. The number of nitrogens with zero attached hydrogens (tertiary/aromatic N) is 1. The Morgan fingerprint density at radius 1 is 1.40 bits per heavy atom. The van der Waals surface area contributed by atoms with E-state index in [9.17, 15) is 4.79 Å². The first-order valence-electron chi connectivity index (χ1n) is 4.17. The van der Waals surface area contributed by atoms with E-state index in [-0.39, 0.29) is 0 Å². The third-order valence-electron chi connectivity index (χ3n) is 1.90. The van der Waals surface area contributed by atoms with Crippen LogP contribution in [0.5, 0.6) is 0 Å². The number of H-pyrrole nitrogens is 1. The Morgan fingerprint density at radius 2 is 2.20 bits per heavy atom. The summed E-state index contributed by atoms with van der Waals surface area (Å²) in [5, 5.41) is 0.299. The third-order valence-corrected chi connectivity index (χ3v) is 2.69. The molecule has 5 heteroatoms. The second kappa shape index (κ2) is 4.16. The van der Waals surface area contributed by atoms with Gasteiger partial charge in [-0.05, 0) is 17.7 Å². The molecule has 0 aliphatic heterocycles.